The van der Waals surface area contributed by atoms with E-state index in [1.807, 2.05) is 24.3 Å². The summed E-state index contributed by atoms with van der Waals surface area (Å²) in [5, 5.41) is 4.08. The van der Waals surface area contributed by atoms with Gasteiger partial charge in [0, 0.05) is 18.7 Å². The Bertz CT molecular complexity index is 771. The molecule has 24 heavy (non-hydrogen) atoms. The second-order valence-electron chi connectivity index (χ2n) is 5.94. The molecule has 0 saturated carbocycles. The second kappa shape index (κ2) is 6.26. The van der Waals surface area contributed by atoms with E-state index < -0.39 is 0 Å². The van der Waals surface area contributed by atoms with Crippen LogP contribution in [0.2, 0.25) is 0 Å². The van der Waals surface area contributed by atoms with Crippen LogP contribution < -0.4 is 9.47 Å². The van der Waals surface area contributed by atoms with Crippen LogP contribution in [0.4, 0.5) is 0 Å². The molecule has 7 heteroatoms. The molecule has 0 aliphatic carbocycles. The lowest BCUT2D eigenvalue weighted by molar-refractivity contribution is -0.0264. The van der Waals surface area contributed by atoms with E-state index >= 15 is 0 Å². The van der Waals surface area contributed by atoms with Gasteiger partial charge in [0.2, 0.25) is 5.82 Å². The van der Waals surface area contributed by atoms with Crippen molar-refractivity contribution in [2.75, 3.05) is 40.5 Å². The molecule has 0 radical (unpaired) electrons. The molecule has 1 atom stereocenters. The third-order valence-electron chi connectivity index (χ3n) is 4.20. The Morgan fingerprint density at radius 2 is 2.25 bits per heavy atom. The first-order valence-corrected chi connectivity index (χ1v) is 7.88. The van der Waals surface area contributed by atoms with Crippen molar-refractivity contribution < 1.29 is 18.7 Å². The second-order valence-corrected chi connectivity index (χ2v) is 5.94. The SMILES string of the molecule is COc1ccc2c(c1)C=C(c1nc([C@H]3CN(C)CCO3)no1)CO2. The Morgan fingerprint density at radius 3 is 3.08 bits per heavy atom. The summed E-state index contributed by atoms with van der Waals surface area (Å²) in [7, 11) is 3.69. The van der Waals surface area contributed by atoms with Crippen molar-refractivity contribution in [2.24, 2.45) is 0 Å². The van der Waals surface area contributed by atoms with Crippen LogP contribution in [0.25, 0.3) is 11.6 Å². The average Bonchev–Trinajstić information content (AvgIpc) is 3.11. The van der Waals surface area contributed by atoms with E-state index in [1.165, 1.54) is 0 Å². The number of rotatable bonds is 3. The molecule has 2 aromatic rings. The lowest BCUT2D eigenvalue weighted by atomic mass is 10.1. The van der Waals surface area contributed by atoms with Crippen LogP contribution in [0, 0.1) is 0 Å². The molecule has 0 bridgehead atoms. The van der Waals surface area contributed by atoms with Crippen LogP contribution in [0.5, 0.6) is 11.5 Å². The molecule has 7 nitrogen and oxygen atoms in total. The summed E-state index contributed by atoms with van der Waals surface area (Å²) in [6.45, 7) is 2.74. The van der Waals surface area contributed by atoms with Gasteiger partial charge in [-0.3, -0.25) is 0 Å². The topological polar surface area (TPSA) is 69.9 Å². The number of morpholine rings is 1. The molecule has 1 fully saturated rings. The summed E-state index contributed by atoms with van der Waals surface area (Å²) in [4.78, 5) is 6.69. The highest BCUT2D eigenvalue weighted by Crippen LogP contribution is 2.33. The maximum atomic E-state index is 5.77. The van der Waals surface area contributed by atoms with Gasteiger partial charge in [-0.2, -0.15) is 4.98 Å². The maximum Gasteiger partial charge on any atom is 0.257 e. The minimum Gasteiger partial charge on any atom is -0.497 e. The van der Waals surface area contributed by atoms with Crippen molar-refractivity contribution in [2.45, 2.75) is 6.10 Å². The molecule has 2 aliphatic heterocycles. The predicted octanol–water partition coefficient (Wildman–Crippen LogP) is 2.01. The molecular formula is C17H19N3O4. The van der Waals surface area contributed by atoms with Crippen molar-refractivity contribution in [3.8, 4) is 11.5 Å². The first kappa shape index (κ1) is 15.2. The quantitative estimate of drug-likeness (QED) is 0.853. The Morgan fingerprint density at radius 1 is 1.33 bits per heavy atom. The number of fused-ring (bicyclic) bond motifs is 1. The van der Waals surface area contributed by atoms with E-state index in [0.29, 0.717) is 24.9 Å². The van der Waals surface area contributed by atoms with Crippen LogP contribution >= 0.6 is 0 Å². The monoisotopic (exact) mass is 329 g/mol. The fourth-order valence-electron chi connectivity index (χ4n) is 2.84. The molecule has 0 spiro atoms. The van der Waals surface area contributed by atoms with E-state index in [2.05, 4.69) is 22.1 Å². The minimum atomic E-state index is -0.154. The van der Waals surface area contributed by atoms with Crippen LogP contribution in [0.3, 0.4) is 0 Å². The predicted molar refractivity (Wildman–Crippen MR) is 86.8 cm³/mol. The number of aromatic nitrogens is 2. The van der Waals surface area contributed by atoms with Crippen molar-refractivity contribution >= 4 is 11.6 Å². The summed E-state index contributed by atoms with van der Waals surface area (Å²) >= 11 is 0. The fourth-order valence-corrected chi connectivity index (χ4v) is 2.84. The van der Waals surface area contributed by atoms with E-state index in [4.69, 9.17) is 18.7 Å². The van der Waals surface area contributed by atoms with E-state index in [-0.39, 0.29) is 6.10 Å². The molecule has 1 saturated heterocycles. The normalized spacial score (nSPS) is 20.9. The van der Waals surface area contributed by atoms with Gasteiger partial charge in [-0.15, -0.1) is 0 Å². The summed E-state index contributed by atoms with van der Waals surface area (Å²) in [5.74, 6) is 2.64. The van der Waals surface area contributed by atoms with Gasteiger partial charge in [0.1, 0.15) is 24.2 Å². The number of hydrogen-bond acceptors (Lipinski definition) is 7. The number of benzene rings is 1. The summed E-state index contributed by atoms with van der Waals surface area (Å²) in [6.07, 6.45) is 1.84. The van der Waals surface area contributed by atoms with E-state index in [9.17, 15) is 0 Å². The van der Waals surface area contributed by atoms with Gasteiger partial charge in [0.05, 0.1) is 19.3 Å². The summed E-state index contributed by atoms with van der Waals surface area (Å²) in [5.41, 5.74) is 1.78. The molecule has 1 aromatic heterocycles. The van der Waals surface area contributed by atoms with Crippen LogP contribution in [0.1, 0.15) is 23.4 Å². The van der Waals surface area contributed by atoms with Crippen molar-refractivity contribution in [1.29, 1.82) is 0 Å². The average molecular weight is 329 g/mol. The van der Waals surface area contributed by atoms with Gasteiger partial charge in [0.25, 0.3) is 5.89 Å². The molecule has 0 amide bonds. The van der Waals surface area contributed by atoms with Crippen LogP contribution in [0.15, 0.2) is 22.7 Å². The van der Waals surface area contributed by atoms with E-state index in [0.717, 1.165) is 35.7 Å². The third-order valence-corrected chi connectivity index (χ3v) is 4.20. The first-order chi connectivity index (χ1) is 11.7. The highest BCUT2D eigenvalue weighted by Gasteiger charge is 2.26. The lowest BCUT2D eigenvalue weighted by Crippen LogP contribution is -2.35. The molecule has 2 aliphatic rings. The zero-order valence-electron chi connectivity index (χ0n) is 13.7. The summed E-state index contributed by atoms with van der Waals surface area (Å²) in [6, 6.07) is 5.69. The van der Waals surface area contributed by atoms with Gasteiger partial charge in [-0.25, -0.2) is 0 Å². The molecule has 3 heterocycles. The Balaban J connectivity index is 1.59. The van der Waals surface area contributed by atoms with Crippen molar-refractivity contribution in [1.82, 2.24) is 15.0 Å². The zero-order chi connectivity index (χ0) is 16.5. The fraction of sp³-hybridized carbons (Fsp3) is 0.412. The Labute approximate surface area is 139 Å². The van der Waals surface area contributed by atoms with Gasteiger partial charge >= 0.3 is 0 Å². The zero-order valence-corrected chi connectivity index (χ0v) is 13.7. The largest absolute Gasteiger partial charge is 0.497 e. The first-order valence-electron chi connectivity index (χ1n) is 7.88. The number of methoxy groups -OCH3 is 1. The Hall–Kier alpha value is -2.38. The number of hydrogen-bond donors (Lipinski definition) is 0. The minimum absolute atomic E-state index is 0.154. The molecule has 1 aromatic carbocycles. The van der Waals surface area contributed by atoms with Gasteiger partial charge in [-0.05, 0) is 31.3 Å². The van der Waals surface area contributed by atoms with Gasteiger partial charge in [0.15, 0.2) is 0 Å². The van der Waals surface area contributed by atoms with Gasteiger partial charge < -0.3 is 23.6 Å². The van der Waals surface area contributed by atoms with Crippen LogP contribution in [-0.4, -0.2) is 55.5 Å². The molecule has 4 rings (SSSR count). The smallest absolute Gasteiger partial charge is 0.257 e. The molecule has 0 unspecified atom stereocenters. The van der Waals surface area contributed by atoms with Crippen molar-refractivity contribution in [3.05, 3.63) is 35.5 Å². The summed E-state index contributed by atoms with van der Waals surface area (Å²) < 4.78 is 22.2. The highest BCUT2D eigenvalue weighted by atomic mass is 16.5. The third kappa shape index (κ3) is 2.88. The Kier molecular flexibility index (Phi) is 3.95. The molecule has 0 N–H and O–H groups in total. The van der Waals surface area contributed by atoms with Gasteiger partial charge in [-0.1, -0.05) is 5.16 Å². The number of ether oxygens (including phenoxy) is 3. The lowest BCUT2D eigenvalue weighted by Gasteiger charge is -2.27. The highest BCUT2D eigenvalue weighted by molar-refractivity contribution is 5.83. The number of likely N-dealkylation sites (N-methyl/N-ethyl adjacent to an activating group) is 1. The maximum absolute atomic E-state index is 5.77. The van der Waals surface area contributed by atoms with E-state index in [1.54, 1.807) is 7.11 Å². The standard InChI is InChI=1S/C17H19N3O4/c1-20-5-6-22-15(9-20)16-18-17(24-19-16)12-7-11-8-13(21-2)3-4-14(11)23-10-12/h3-4,7-8,15H,5-6,9-10H2,1-2H3/t15-/m1/s1. The van der Waals surface area contributed by atoms with Crippen molar-refractivity contribution in [3.63, 3.8) is 0 Å². The van der Waals surface area contributed by atoms with Crippen LogP contribution in [-0.2, 0) is 4.74 Å². The molecular weight excluding hydrogens is 310 g/mol. The number of nitrogens with zero attached hydrogens (tertiary/aromatic N) is 3. The molecule has 126 valence electrons.